The lowest BCUT2D eigenvalue weighted by molar-refractivity contribution is -0.135. The van der Waals surface area contributed by atoms with E-state index in [-0.39, 0.29) is 30.2 Å². The van der Waals surface area contributed by atoms with Crippen molar-refractivity contribution in [3.8, 4) is 0 Å². The van der Waals surface area contributed by atoms with Gasteiger partial charge in [0.25, 0.3) is 5.91 Å². The summed E-state index contributed by atoms with van der Waals surface area (Å²) in [5.74, 6) is -0.614. The molecule has 2 fully saturated rings. The Balaban J connectivity index is 1.47. The summed E-state index contributed by atoms with van der Waals surface area (Å²) in [6.07, 6.45) is 1.59. The topological polar surface area (TPSA) is 98.8 Å². The molecule has 0 radical (unpaired) electrons. The van der Waals surface area contributed by atoms with Crippen LogP contribution < -0.4 is 10.6 Å². The molecular weight excluding hydrogens is 348 g/mol. The molecule has 2 N–H and O–H groups in total. The van der Waals surface area contributed by atoms with Crippen LogP contribution in [-0.4, -0.2) is 72.2 Å². The molecular formula is C19H24N4O4. The zero-order chi connectivity index (χ0) is 19.2. The second kappa shape index (κ2) is 8.66. The summed E-state index contributed by atoms with van der Waals surface area (Å²) in [6, 6.07) is 8.30. The molecule has 0 bridgehead atoms. The van der Waals surface area contributed by atoms with Crippen LogP contribution in [-0.2, 0) is 14.4 Å². The van der Waals surface area contributed by atoms with E-state index in [1.165, 1.54) is 0 Å². The number of rotatable bonds is 4. The highest BCUT2D eigenvalue weighted by Gasteiger charge is 2.32. The number of benzene rings is 1. The third kappa shape index (κ3) is 4.84. The zero-order valence-electron chi connectivity index (χ0n) is 15.1. The normalized spacial score (nSPS) is 20.0. The summed E-state index contributed by atoms with van der Waals surface area (Å²) in [5.41, 5.74) is 0.511. The van der Waals surface area contributed by atoms with E-state index in [0.717, 1.165) is 0 Å². The quantitative estimate of drug-likeness (QED) is 0.762. The maximum atomic E-state index is 12.5. The van der Waals surface area contributed by atoms with Crippen molar-refractivity contribution in [1.29, 1.82) is 0 Å². The highest BCUT2D eigenvalue weighted by Crippen LogP contribution is 2.12. The highest BCUT2D eigenvalue weighted by atomic mass is 16.2. The van der Waals surface area contributed by atoms with Gasteiger partial charge in [0, 0.05) is 38.2 Å². The van der Waals surface area contributed by atoms with E-state index in [1.807, 2.05) is 6.07 Å². The fraction of sp³-hybridized carbons (Fsp3) is 0.474. The Labute approximate surface area is 157 Å². The van der Waals surface area contributed by atoms with Gasteiger partial charge in [-0.1, -0.05) is 18.2 Å². The molecule has 144 valence electrons. The maximum absolute atomic E-state index is 12.5. The van der Waals surface area contributed by atoms with Gasteiger partial charge in [0.05, 0.1) is 6.54 Å². The number of carbonyl (C=O) groups is 4. The highest BCUT2D eigenvalue weighted by molar-refractivity contribution is 5.96. The van der Waals surface area contributed by atoms with Crippen LogP contribution in [0.3, 0.4) is 0 Å². The molecule has 2 saturated heterocycles. The number of hydrogen-bond acceptors (Lipinski definition) is 4. The standard InChI is InChI=1S/C19H24N4O4/c24-16-8-7-15(21-16)19(27)23-10-4-9-22(11-12-23)17(25)13-20-18(26)14-5-2-1-3-6-14/h1-3,5-6,15H,4,7-13H2,(H,20,26)(H,21,24). The van der Waals surface area contributed by atoms with E-state index in [1.54, 1.807) is 34.1 Å². The fourth-order valence-electron chi connectivity index (χ4n) is 3.37. The van der Waals surface area contributed by atoms with Crippen molar-refractivity contribution in [2.24, 2.45) is 0 Å². The second-order valence-electron chi connectivity index (χ2n) is 6.77. The first-order valence-corrected chi connectivity index (χ1v) is 9.24. The Kier molecular flexibility index (Phi) is 6.05. The smallest absolute Gasteiger partial charge is 0.251 e. The number of carbonyl (C=O) groups excluding carboxylic acids is 4. The minimum absolute atomic E-state index is 0.0691. The molecule has 2 aliphatic rings. The first-order valence-electron chi connectivity index (χ1n) is 9.24. The van der Waals surface area contributed by atoms with Gasteiger partial charge >= 0.3 is 0 Å². The number of nitrogens with one attached hydrogen (secondary N) is 2. The lowest BCUT2D eigenvalue weighted by Crippen LogP contribution is -2.46. The predicted molar refractivity (Wildman–Crippen MR) is 97.7 cm³/mol. The van der Waals surface area contributed by atoms with Gasteiger partial charge < -0.3 is 20.4 Å². The lowest BCUT2D eigenvalue weighted by atomic mass is 10.2. The molecule has 1 aromatic rings. The maximum Gasteiger partial charge on any atom is 0.251 e. The third-order valence-corrected chi connectivity index (χ3v) is 4.89. The van der Waals surface area contributed by atoms with Gasteiger partial charge in [-0.05, 0) is 25.0 Å². The summed E-state index contributed by atoms with van der Waals surface area (Å²) in [6.45, 7) is 1.89. The summed E-state index contributed by atoms with van der Waals surface area (Å²) in [4.78, 5) is 51.7. The van der Waals surface area contributed by atoms with Crippen molar-refractivity contribution in [1.82, 2.24) is 20.4 Å². The van der Waals surface area contributed by atoms with Crippen LogP contribution in [0.4, 0.5) is 0 Å². The van der Waals surface area contributed by atoms with Crippen LogP contribution in [0, 0.1) is 0 Å². The average Bonchev–Trinajstić information content (AvgIpc) is 2.98. The number of hydrogen-bond donors (Lipinski definition) is 2. The van der Waals surface area contributed by atoms with Gasteiger partial charge in [-0.2, -0.15) is 0 Å². The molecule has 27 heavy (non-hydrogen) atoms. The first kappa shape index (κ1) is 18.9. The summed E-state index contributed by atoms with van der Waals surface area (Å²) >= 11 is 0. The Bertz CT molecular complexity index is 722. The molecule has 1 atom stereocenters. The van der Waals surface area contributed by atoms with Crippen LogP contribution in [0.15, 0.2) is 30.3 Å². The van der Waals surface area contributed by atoms with E-state index in [9.17, 15) is 19.2 Å². The van der Waals surface area contributed by atoms with Gasteiger partial charge in [-0.25, -0.2) is 0 Å². The van der Waals surface area contributed by atoms with Crippen molar-refractivity contribution >= 4 is 23.6 Å². The van der Waals surface area contributed by atoms with Crippen LogP contribution >= 0.6 is 0 Å². The van der Waals surface area contributed by atoms with Crippen molar-refractivity contribution in [3.63, 3.8) is 0 Å². The molecule has 0 aromatic heterocycles. The van der Waals surface area contributed by atoms with Crippen molar-refractivity contribution in [2.45, 2.75) is 25.3 Å². The molecule has 1 aromatic carbocycles. The number of amides is 4. The largest absolute Gasteiger partial charge is 0.344 e. The molecule has 0 aliphatic carbocycles. The SMILES string of the molecule is O=C1CCC(C(=O)N2CCCN(C(=O)CNC(=O)c3ccccc3)CC2)N1. The third-order valence-electron chi connectivity index (χ3n) is 4.89. The van der Waals surface area contributed by atoms with Gasteiger partial charge in [-0.15, -0.1) is 0 Å². The van der Waals surface area contributed by atoms with E-state index >= 15 is 0 Å². The summed E-state index contributed by atoms with van der Waals surface area (Å²) in [7, 11) is 0. The Morgan fingerprint density at radius 2 is 1.74 bits per heavy atom. The number of nitrogens with zero attached hydrogens (tertiary/aromatic N) is 2. The van der Waals surface area contributed by atoms with Crippen molar-refractivity contribution in [2.75, 3.05) is 32.7 Å². The Morgan fingerprint density at radius 3 is 2.44 bits per heavy atom. The monoisotopic (exact) mass is 372 g/mol. The zero-order valence-corrected chi connectivity index (χ0v) is 15.1. The molecule has 1 unspecified atom stereocenters. The predicted octanol–water partition coefficient (Wildman–Crippen LogP) is -0.244. The van der Waals surface area contributed by atoms with Crippen LogP contribution in [0.5, 0.6) is 0 Å². The molecule has 2 aliphatic heterocycles. The minimum atomic E-state index is -0.440. The van der Waals surface area contributed by atoms with Crippen molar-refractivity contribution in [3.05, 3.63) is 35.9 Å². The van der Waals surface area contributed by atoms with E-state index in [2.05, 4.69) is 10.6 Å². The first-order chi connectivity index (χ1) is 13.0. The van der Waals surface area contributed by atoms with Crippen LogP contribution in [0.25, 0.3) is 0 Å². The molecule has 2 heterocycles. The van der Waals surface area contributed by atoms with Gasteiger partial charge in [-0.3, -0.25) is 19.2 Å². The van der Waals surface area contributed by atoms with Gasteiger partial charge in [0.1, 0.15) is 6.04 Å². The van der Waals surface area contributed by atoms with Crippen molar-refractivity contribution < 1.29 is 19.2 Å². The van der Waals surface area contributed by atoms with Crippen LogP contribution in [0.1, 0.15) is 29.6 Å². The lowest BCUT2D eigenvalue weighted by Gasteiger charge is -2.24. The Morgan fingerprint density at radius 1 is 1.04 bits per heavy atom. The van der Waals surface area contributed by atoms with E-state index in [4.69, 9.17) is 0 Å². The van der Waals surface area contributed by atoms with E-state index < -0.39 is 6.04 Å². The molecule has 0 saturated carbocycles. The van der Waals surface area contributed by atoms with Gasteiger partial charge in [0.15, 0.2) is 0 Å². The minimum Gasteiger partial charge on any atom is -0.344 e. The average molecular weight is 372 g/mol. The summed E-state index contributed by atoms with van der Waals surface area (Å²) in [5, 5.41) is 5.34. The second-order valence-corrected chi connectivity index (χ2v) is 6.77. The van der Waals surface area contributed by atoms with Crippen LogP contribution in [0.2, 0.25) is 0 Å². The Hall–Kier alpha value is -2.90. The molecule has 8 heteroatoms. The fourth-order valence-corrected chi connectivity index (χ4v) is 3.37. The molecule has 4 amide bonds. The molecule has 0 spiro atoms. The molecule has 3 rings (SSSR count). The summed E-state index contributed by atoms with van der Waals surface area (Å²) < 4.78 is 0. The molecule has 8 nitrogen and oxygen atoms in total. The van der Waals surface area contributed by atoms with Gasteiger partial charge in [0.2, 0.25) is 17.7 Å². The van der Waals surface area contributed by atoms with E-state index in [0.29, 0.717) is 51.0 Å².